The molecule has 1 saturated heterocycles. The molecule has 94 valence electrons. The van der Waals surface area contributed by atoms with Crippen molar-refractivity contribution in [2.24, 2.45) is 0 Å². The third-order valence-corrected chi connectivity index (χ3v) is 3.66. The average Bonchev–Trinajstić information content (AvgIpc) is 3.01. The molecule has 0 aliphatic carbocycles. The fourth-order valence-electron chi connectivity index (χ4n) is 2.71. The number of nitrogens with zero attached hydrogens (tertiary/aromatic N) is 2. The molecule has 1 aliphatic heterocycles. The highest BCUT2D eigenvalue weighted by molar-refractivity contribution is 5.69. The predicted molar refractivity (Wildman–Crippen MR) is 72.9 cm³/mol. The van der Waals surface area contributed by atoms with Crippen LogP contribution in [0.5, 0.6) is 0 Å². The molecule has 0 bridgehead atoms. The van der Waals surface area contributed by atoms with Crippen LogP contribution in [0.2, 0.25) is 0 Å². The number of aryl methyl sites for hydroxylation is 2. The Morgan fingerprint density at radius 3 is 2.28 bits per heavy atom. The Morgan fingerprint density at radius 1 is 1.06 bits per heavy atom. The summed E-state index contributed by atoms with van der Waals surface area (Å²) in [5, 5.41) is 4.01. The van der Waals surface area contributed by atoms with E-state index in [1.165, 1.54) is 37.2 Å². The van der Waals surface area contributed by atoms with Gasteiger partial charge >= 0.3 is 0 Å². The lowest BCUT2D eigenvalue weighted by atomic mass is 10.0. The smallest absolute Gasteiger partial charge is 0.141 e. The molecule has 1 fully saturated rings. The quantitative estimate of drug-likeness (QED) is 0.806. The van der Waals surface area contributed by atoms with Crippen LogP contribution < -0.4 is 4.90 Å². The van der Waals surface area contributed by atoms with Crippen LogP contribution in [0.4, 0.5) is 5.69 Å². The lowest BCUT2D eigenvalue weighted by Gasteiger charge is -2.17. The number of hydrogen-bond acceptors (Lipinski definition) is 3. The minimum atomic E-state index is 0.890. The normalized spacial score (nSPS) is 15.3. The zero-order valence-corrected chi connectivity index (χ0v) is 10.9. The van der Waals surface area contributed by atoms with E-state index in [9.17, 15) is 0 Å². The van der Waals surface area contributed by atoms with E-state index in [0.29, 0.717) is 0 Å². The van der Waals surface area contributed by atoms with E-state index < -0.39 is 0 Å². The first kappa shape index (κ1) is 11.3. The molecule has 1 aromatic heterocycles. The summed E-state index contributed by atoms with van der Waals surface area (Å²) in [6, 6.07) is 8.74. The third kappa shape index (κ3) is 1.90. The monoisotopic (exact) mass is 242 g/mol. The third-order valence-electron chi connectivity index (χ3n) is 3.66. The first-order chi connectivity index (χ1) is 8.75. The fraction of sp³-hybridized carbons (Fsp3) is 0.400. The topological polar surface area (TPSA) is 29.3 Å². The molecule has 0 spiro atoms. The van der Waals surface area contributed by atoms with Crippen molar-refractivity contribution < 1.29 is 4.52 Å². The van der Waals surface area contributed by atoms with Gasteiger partial charge in [-0.15, -0.1) is 0 Å². The summed E-state index contributed by atoms with van der Waals surface area (Å²) in [5.74, 6) is 0.890. The maximum atomic E-state index is 5.22. The van der Waals surface area contributed by atoms with Gasteiger partial charge in [0.1, 0.15) is 5.76 Å². The van der Waals surface area contributed by atoms with E-state index in [-0.39, 0.29) is 0 Å². The fourth-order valence-corrected chi connectivity index (χ4v) is 2.71. The van der Waals surface area contributed by atoms with Gasteiger partial charge in [0.2, 0.25) is 0 Å². The predicted octanol–water partition coefficient (Wildman–Crippen LogP) is 3.56. The van der Waals surface area contributed by atoms with Gasteiger partial charge in [-0.25, -0.2) is 0 Å². The van der Waals surface area contributed by atoms with E-state index in [2.05, 4.69) is 34.3 Å². The Kier molecular flexibility index (Phi) is 2.82. The summed E-state index contributed by atoms with van der Waals surface area (Å²) in [6.45, 7) is 6.32. The molecule has 1 aliphatic rings. The van der Waals surface area contributed by atoms with Crippen molar-refractivity contribution in [3.8, 4) is 11.1 Å². The highest BCUT2D eigenvalue weighted by atomic mass is 16.5. The van der Waals surface area contributed by atoms with Crippen LogP contribution >= 0.6 is 0 Å². The van der Waals surface area contributed by atoms with E-state index in [4.69, 9.17) is 4.52 Å². The van der Waals surface area contributed by atoms with E-state index in [1.807, 2.05) is 13.8 Å². The molecule has 0 radical (unpaired) electrons. The van der Waals surface area contributed by atoms with Crippen LogP contribution in [0.15, 0.2) is 28.8 Å². The molecular formula is C15H18N2O. The first-order valence-corrected chi connectivity index (χ1v) is 6.54. The second kappa shape index (κ2) is 4.48. The van der Waals surface area contributed by atoms with Gasteiger partial charge < -0.3 is 9.42 Å². The number of aromatic nitrogens is 1. The highest BCUT2D eigenvalue weighted by Crippen LogP contribution is 2.29. The Balaban J connectivity index is 1.91. The van der Waals surface area contributed by atoms with Crippen molar-refractivity contribution in [3.05, 3.63) is 35.7 Å². The van der Waals surface area contributed by atoms with Crippen LogP contribution in [0, 0.1) is 13.8 Å². The number of hydrogen-bond donors (Lipinski definition) is 0. The Labute approximate surface area is 107 Å². The van der Waals surface area contributed by atoms with E-state index in [1.54, 1.807) is 0 Å². The SMILES string of the molecule is Cc1noc(C)c1-c1ccc(N2CCCC2)cc1. The molecule has 2 heterocycles. The van der Waals surface area contributed by atoms with Gasteiger partial charge in [0, 0.05) is 24.3 Å². The lowest BCUT2D eigenvalue weighted by molar-refractivity contribution is 0.393. The molecule has 0 amide bonds. The number of benzene rings is 1. The molecular weight excluding hydrogens is 224 g/mol. The largest absolute Gasteiger partial charge is 0.372 e. The van der Waals surface area contributed by atoms with Gasteiger partial charge in [0.05, 0.1) is 5.69 Å². The summed E-state index contributed by atoms with van der Waals surface area (Å²) < 4.78 is 5.22. The van der Waals surface area contributed by atoms with Gasteiger partial charge in [0.25, 0.3) is 0 Å². The molecule has 0 unspecified atom stereocenters. The standard InChI is InChI=1S/C15H18N2O/c1-11-15(12(2)18-16-11)13-5-7-14(8-6-13)17-9-3-4-10-17/h5-8H,3-4,9-10H2,1-2H3. The van der Waals surface area contributed by atoms with Gasteiger partial charge in [-0.3, -0.25) is 0 Å². The zero-order valence-electron chi connectivity index (χ0n) is 10.9. The van der Waals surface area contributed by atoms with Crippen molar-refractivity contribution in [2.75, 3.05) is 18.0 Å². The molecule has 3 nitrogen and oxygen atoms in total. The molecule has 0 N–H and O–H groups in total. The maximum absolute atomic E-state index is 5.22. The van der Waals surface area contributed by atoms with Gasteiger partial charge in [-0.05, 0) is 44.4 Å². The summed E-state index contributed by atoms with van der Waals surface area (Å²) in [5.41, 5.74) is 4.60. The molecule has 1 aromatic carbocycles. The number of anilines is 1. The molecule has 18 heavy (non-hydrogen) atoms. The van der Waals surface area contributed by atoms with Gasteiger partial charge in [0.15, 0.2) is 0 Å². The molecule has 3 rings (SSSR count). The van der Waals surface area contributed by atoms with Crippen molar-refractivity contribution in [3.63, 3.8) is 0 Å². The Bertz CT molecular complexity index is 517. The molecule has 2 aromatic rings. The summed E-state index contributed by atoms with van der Waals surface area (Å²) in [7, 11) is 0. The summed E-state index contributed by atoms with van der Waals surface area (Å²) in [4.78, 5) is 2.44. The van der Waals surface area contributed by atoms with E-state index >= 15 is 0 Å². The Morgan fingerprint density at radius 2 is 1.72 bits per heavy atom. The zero-order chi connectivity index (χ0) is 12.5. The first-order valence-electron chi connectivity index (χ1n) is 6.54. The second-order valence-electron chi connectivity index (χ2n) is 4.94. The minimum Gasteiger partial charge on any atom is -0.372 e. The van der Waals surface area contributed by atoms with Gasteiger partial charge in [-0.1, -0.05) is 17.3 Å². The van der Waals surface area contributed by atoms with Crippen molar-refractivity contribution in [1.29, 1.82) is 0 Å². The van der Waals surface area contributed by atoms with Crippen LogP contribution in [-0.2, 0) is 0 Å². The summed E-state index contributed by atoms with van der Waals surface area (Å²) in [6.07, 6.45) is 2.62. The van der Waals surface area contributed by atoms with Crippen LogP contribution in [0.1, 0.15) is 24.3 Å². The van der Waals surface area contributed by atoms with Crippen molar-refractivity contribution in [2.45, 2.75) is 26.7 Å². The Hall–Kier alpha value is -1.77. The average molecular weight is 242 g/mol. The lowest BCUT2D eigenvalue weighted by Crippen LogP contribution is -2.17. The van der Waals surface area contributed by atoms with Crippen molar-refractivity contribution >= 4 is 5.69 Å². The molecule has 0 saturated carbocycles. The van der Waals surface area contributed by atoms with Crippen LogP contribution in [0.25, 0.3) is 11.1 Å². The molecule has 0 atom stereocenters. The maximum Gasteiger partial charge on any atom is 0.141 e. The molecule has 3 heteroatoms. The van der Waals surface area contributed by atoms with Crippen LogP contribution in [0.3, 0.4) is 0 Å². The minimum absolute atomic E-state index is 0.890. The second-order valence-corrected chi connectivity index (χ2v) is 4.94. The van der Waals surface area contributed by atoms with Crippen molar-refractivity contribution in [1.82, 2.24) is 5.16 Å². The highest BCUT2D eigenvalue weighted by Gasteiger charge is 2.14. The number of rotatable bonds is 2. The van der Waals surface area contributed by atoms with E-state index in [0.717, 1.165) is 17.0 Å². The van der Waals surface area contributed by atoms with Gasteiger partial charge in [-0.2, -0.15) is 0 Å². The van der Waals surface area contributed by atoms with Crippen LogP contribution in [-0.4, -0.2) is 18.2 Å². The summed E-state index contributed by atoms with van der Waals surface area (Å²) >= 11 is 0.